The molecule has 0 aliphatic rings. The molecule has 1 N–H and O–H groups in total. The van der Waals surface area contributed by atoms with Crippen LogP contribution in [-0.2, 0) is 0 Å². The number of para-hydroxylation sites is 1. The summed E-state index contributed by atoms with van der Waals surface area (Å²) in [5.74, 6) is 0. The number of fused-ring (bicyclic) bond motifs is 7. The highest BCUT2D eigenvalue weighted by molar-refractivity contribution is 7.25. The minimum atomic E-state index is 1.18. The maximum atomic E-state index is 3.75. The lowest BCUT2D eigenvalue weighted by Gasteiger charge is -2.09. The van der Waals surface area contributed by atoms with Gasteiger partial charge in [0.05, 0.1) is 5.52 Å². The van der Waals surface area contributed by atoms with Crippen molar-refractivity contribution in [3.05, 3.63) is 146 Å². The van der Waals surface area contributed by atoms with Crippen LogP contribution in [0.25, 0.3) is 86.1 Å². The lowest BCUT2D eigenvalue weighted by molar-refractivity contribution is 1.53. The second-order valence-electron chi connectivity index (χ2n) is 11.1. The Balaban J connectivity index is 1.13. The topological polar surface area (TPSA) is 15.8 Å². The van der Waals surface area contributed by atoms with Gasteiger partial charge < -0.3 is 4.98 Å². The summed E-state index contributed by atoms with van der Waals surface area (Å²) in [7, 11) is 0. The summed E-state index contributed by atoms with van der Waals surface area (Å²) >= 11 is 1.87. The molecule has 2 heteroatoms. The fourth-order valence-electron chi connectivity index (χ4n) is 6.50. The molecule has 196 valence electrons. The van der Waals surface area contributed by atoms with Crippen molar-refractivity contribution < 1.29 is 0 Å². The third kappa shape index (κ3) is 3.69. The molecule has 2 aromatic heterocycles. The van der Waals surface area contributed by atoms with Gasteiger partial charge in [0.25, 0.3) is 0 Å². The van der Waals surface area contributed by atoms with Crippen molar-refractivity contribution >= 4 is 64.1 Å². The van der Waals surface area contributed by atoms with Crippen LogP contribution in [0.5, 0.6) is 0 Å². The van der Waals surface area contributed by atoms with E-state index >= 15 is 0 Å². The Bertz CT molecular complexity index is 2470. The molecule has 0 fully saturated rings. The maximum absolute atomic E-state index is 3.75. The molecule has 0 bridgehead atoms. The first kappa shape index (κ1) is 23.5. The zero-order valence-electron chi connectivity index (χ0n) is 22.8. The molecular formula is C40H25NS. The summed E-state index contributed by atoms with van der Waals surface area (Å²) in [6.07, 6.45) is 0. The minimum Gasteiger partial charge on any atom is -0.354 e. The van der Waals surface area contributed by atoms with E-state index in [1.165, 1.54) is 86.1 Å². The van der Waals surface area contributed by atoms with Gasteiger partial charge >= 0.3 is 0 Å². The van der Waals surface area contributed by atoms with E-state index in [-0.39, 0.29) is 0 Å². The van der Waals surface area contributed by atoms with Crippen molar-refractivity contribution in [2.75, 3.05) is 0 Å². The van der Waals surface area contributed by atoms with Gasteiger partial charge in [-0.1, -0.05) is 109 Å². The third-order valence-corrected chi connectivity index (χ3v) is 9.72. The van der Waals surface area contributed by atoms with Crippen LogP contribution in [0.2, 0.25) is 0 Å². The number of H-pyrrole nitrogens is 1. The number of hydrogen-bond acceptors (Lipinski definition) is 1. The number of benzene rings is 7. The van der Waals surface area contributed by atoms with Gasteiger partial charge in [0, 0.05) is 42.0 Å². The van der Waals surface area contributed by atoms with Crippen LogP contribution in [0.4, 0.5) is 0 Å². The van der Waals surface area contributed by atoms with E-state index in [0.29, 0.717) is 0 Å². The van der Waals surface area contributed by atoms with E-state index in [1.807, 2.05) is 11.3 Å². The number of rotatable bonds is 3. The highest BCUT2D eigenvalue weighted by Crippen LogP contribution is 2.39. The number of nitrogens with one attached hydrogen (secondary N) is 1. The molecule has 0 spiro atoms. The van der Waals surface area contributed by atoms with Gasteiger partial charge in [0.2, 0.25) is 0 Å². The van der Waals surface area contributed by atoms with E-state index in [2.05, 4.69) is 151 Å². The van der Waals surface area contributed by atoms with Crippen molar-refractivity contribution in [2.24, 2.45) is 0 Å². The number of aromatic nitrogens is 1. The van der Waals surface area contributed by atoms with Crippen LogP contribution in [0, 0.1) is 0 Å². The Kier molecular flexibility index (Phi) is 5.13. The lowest BCUT2D eigenvalue weighted by Crippen LogP contribution is -1.84. The maximum Gasteiger partial charge on any atom is 0.0544 e. The molecule has 0 saturated heterocycles. The number of thiophene rings is 1. The quantitative estimate of drug-likeness (QED) is 0.225. The molecular weight excluding hydrogens is 527 g/mol. The van der Waals surface area contributed by atoms with Crippen LogP contribution in [-0.4, -0.2) is 4.98 Å². The second-order valence-corrected chi connectivity index (χ2v) is 12.2. The van der Waals surface area contributed by atoms with Gasteiger partial charge in [-0.3, -0.25) is 0 Å². The Morgan fingerprint density at radius 1 is 0.381 bits per heavy atom. The summed E-state index contributed by atoms with van der Waals surface area (Å²) < 4.78 is 2.67. The standard InChI is InChI=1S/C40H25NS/c1-2-9-29-23-37-36(22-28(29)8-1)35-16-7-15-32(40(35)41-37)31-13-6-12-27(21-31)25-10-5-11-26(20-25)30-18-19-34-33-14-3-4-17-38(33)42-39(34)24-30/h1-24,41H. The average molecular weight is 552 g/mol. The number of aromatic amines is 1. The fraction of sp³-hybridized carbons (Fsp3) is 0. The van der Waals surface area contributed by atoms with Crippen LogP contribution < -0.4 is 0 Å². The number of hydrogen-bond donors (Lipinski definition) is 1. The molecule has 0 atom stereocenters. The van der Waals surface area contributed by atoms with Gasteiger partial charge in [-0.2, -0.15) is 0 Å². The fourth-order valence-corrected chi connectivity index (χ4v) is 7.65. The average Bonchev–Trinajstić information content (AvgIpc) is 3.61. The predicted octanol–water partition coefficient (Wildman–Crippen LogP) is 11.8. The summed E-state index contributed by atoms with van der Waals surface area (Å²) in [6, 6.07) is 53.2. The normalized spacial score (nSPS) is 11.8. The van der Waals surface area contributed by atoms with Crippen molar-refractivity contribution in [3.8, 4) is 33.4 Å². The van der Waals surface area contributed by atoms with Crippen LogP contribution in [0.15, 0.2) is 146 Å². The van der Waals surface area contributed by atoms with Crippen LogP contribution in [0.3, 0.4) is 0 Å². The van der Waals surface area contributed by atoms with Gasteiger partial charge in [-0.25, -0.2) is 0 Å². The Hall–Kier alpha value is -5.18. The Morgan fingerprint density at radius 3 is 1.83 bits per heavy atom. The van der Waals surface area contributed by atoms with E-state index in [4.69, 9.17) is 0 Å². The third-order valence-electron chi connectivity index (χ3n) is 8.58. The van der Waals surface area contributed by atoms with Crippen molar-refractivity contribution in [2.45, 2.75) is 0 Å². The Labute approximate surface area is 247 Å². The lowest BCUT2D eigenvalue weighted by atomic mass is 9.95. The zero-order valence-corrected chi connectivity index (χ0v) is 23.6. The smallest absolute Gasteiger partial charge is 0.0544 e. The van der Waals surface area contributed by atoms with E-state index in [1.54, 1.807) is 0 Å². The highest BCUT2D eigenvalue weighted by Gasteiger charge is 2.12. The first-order chi connectivity index (χ1) is 20.8. The second kappa shape index (κ2) is 9.17. The largest absolute Gasteiger partial charge is 0.354 e. The van der Waals surface area contributed by atoms with E-state index < -0.39 is 0 Å². The zero-order chi connectivity index (χ0) is 27.6. The molecule has 9 aromatic rings. The molecule has 0 radical (unpaired) electrons. The van der Waals surface area contributed by atoms with E-state index in [9.17, 15) is 0 Å². The molecule has 1 nitrogen and oxygen atoms in total. The first-order valence-electron chi connectivity index (χ1n) is 14.3. The van der Waals surface area contributed by atoms with Crippen molar-refractivity contribution in [1.82, 2.24) is 4.98 Å². The van der Waals surface area contributed by atoms with Gasteiger partial charge in [-0.05, 0) is 75.0 Å². The summed E-state index contributed by atoms with van der Waals surface area (Å²) in [6.45, 7) is 0. The molecule has 7 aromatic carbocycles. The van der Waals surface area contributed by atoms with Crippen LogP contribution in [0.1, 0.15) is 0 Å². The van der Waals surface area contributed by atoms with Crippen LogP contribution >= 0.6 is 11.3 Å². The summed E-state index contributed by atoms with van der Waals surface area (Å²) in [5.41, 5.74) is 9.73. The van der Waals surface area contributed by atoms with Gasteiger partial charge in [-0.15, -0.1) is 11.3 Å². The van der Waals surface area contributed by atoms with Gasteiger partial charge in [0.1, 0.15) is 0 Å². The van der Waals surface area contributed by atoms with Crippen molar-refractivity contribution in [3.63, 3.8) is 0 Å². The molecule has 0 saturated carbocycles. The molecule has 0 aliphatic carbocycles. The summed E-state index contributed by atoms with van der Waals surface area (Å²) in [4.78, 5) is 3.75. The van der Waals surface area contributed by atoms with E-state index in [0.717, 1.165) is 0 Å². The van der Waals surface area contributed by atoms with Crippen molar-refractivity contribution in [1.29, 1.82) is 0 Å². The molecule has 9 rings (SSSR count). The monoisotopic (exact) mass is 551 g/mol. The van der Waals surface area contributed by atoms with Gasteiger partial charge in [0.15, 0.2) is 0 Å². The first-order valence-corrected chi connectivity index (χ1v) is 15.2. The molecule has 0 aliphatic heterocycles. The molecule has 0 unspecified atom stereocenters. The molecule has 42 heavy (non-hydrogen) atoms. The predicted molar refractivity (Wildman–Crippen MR) is 183 cm³/mol. The highest BCUT2D eigenvalue weighted by atomic mass is 32.1. The molecule has 0 amide bonds. The molecule has 2 heterocycles. The Morgan fingerprint density at radius 2 is 1.00 bits per heavy atom. The summed E-state index contributed by atoms with van der Waals surface area (Å²) in [5, 5.41) is 7.73. The SMILES string of the molecule is c1cc(-c2cccc(-c3cccc4c3[nH]c3cc5ccccc5cc34)c2)cc(-c2ccc3c(c2)sc2ccccc23)c1. The minimum absolute atomic E-state index is 1.18.